The monoisotopic (exact) mass is 376 g/mol. The molecule has 4 rings (SSSR count). The van der Waals surface area contributed by atoms with Gasteiger partial charge in [0.1, 0.15) is 11.6 Å². The molecular formula is C19H18F2N2O4. The van der Waals surface area contributed by atoms with E-state index < -0.39 is 23.3 Å². The van der Waals surface area contributed by atoms with Crippen molar-refractivity contribution in [3.63, 3.8) is 0 Å². The molecule has 0 spiro atoms. The molecule has 2 aromatic rings. The fourth-order valence-electron chi connectivity index (χ4n) is 3.34. The summed E-state index contributed by atoms with van der Waals surface area (Å²) in [5.74, 6) is -0.317. The summed E-state index contributed by atoms with van der Waals surface area (Å²) in [6, 6.07) is 7.77. The number of urea groups is 1. The first-order valence-electron chi connectivity index (χ1n) is 8.58. The van der Waals surface area contributed by atoms with Crippen molar-refractivity contribution in [1.29, 1.82) is 0 Å². The number of fused-ring (bicyclic) bond motifs is 1. The minimum absolute atomic E-state index is 0.0852. The molecule has 0 radical (unpaired) electrons. The molecule has 0 atom stereocenters. The van der Waals surface area contributed by atoms with Gasteiger partial charge >= 0.3 is 6.03 Å². The van der Waals surface area contributed by atoms with Crippen LogP contribution in [0.5, 0.6) is 11.5 Å². The Morgan fingerprint density at radius 2 is 1.81 bits per heavy atom. The Bertz CT molecular complexity index is 882. The van der Waals surface area contributed by atoms with Gasteiger partial charge in [-0.25, -0.2) is 13.6 Å². The molecule has 8 heteroatoms. The van der Waals surface area contributed by atoms with E-state index in [-0.39, 0.29) is 12.5 Å². The van der Waals surface area contributed by atoms with Crippen LogP contribution in [0.1, 0.15) is 18.4 Å². The molecule has 2 heterocycles. The van der Waals surface area contributed by atoms with E-state index in [9.17, 15) is 18.7 Å². The molecule has 27 heavy (non-hydrogen) atoms. The number of anilines is 1. The molecule has 2 amide bonds. The molecular weight excluding hydrogens is 358 g/mol. The van der Waals surface area contributed by atoms with Gasteiger partial charge in [-0.05, 0) is 42.7 Å². The number of halogens is 2. The van der Waals surface area contributed by atoms with E-state index in [4.69, 9.17) is 9.47 Å². The maximum Gasteiger partial charge on any atom is 0.321 e. The van der Waals surface area contributed by atoms with E-state index in [0.29, 0.717) is 49.1 Å². The third-order valence-electron chi connectivity index (χ3n) is 4.96. The maximum absolute atomic E-state index is 13.7. The lowest BCUT2D eigenvalue weighted by atomic mass is 9.84. The largest absolute Gasteiger partial charge is 0.454 e. The number of aliphatic hydroxyl groups is 1. The van der Waals surface area contributed by atoms with Crippen molar-refractivity contribution in [1.82, 2.24) is 4.90 Å². The quantitative estimate of drug-likeness (QED) is 0.844. The third kappa shape index (κ3) is 3.40. The second-order valence-electron chi connectivity index (χ2n) is 6.64. The Labute approximate surface area is 154 Å². The van der Waals surface area contributed by atoms with Crippen LogP contribution in [0.2, 0.25) is 0 Å². The fourth-order valence-corrected chi connectivity index (χ4v) is 3.34. The molecule has 6 nitrogen and oxygen atoms in total. The first-order chi connectivity index (χ1) is 12.9. The van der Waals surface area contributed by atoms with Crippen LogP contribution in [-0.4, -0.2) is 35.9 Å². The Hall–Kier alpha value is -2.87. The highest BCUT2D eigenvalue weighted by atomic mass is 19.1. The lowest BCUT2D eigenvalue weighted by molar-refractivity contribution is -0.0158. The van der Waals surface area contributed by atoms with E-state index in [1.807, 2.05) is 0 Å². The molecule has 0 aromatic heterocycles. The zero-order chi connectivity index (χ0) is 19.0. The van der Waals surface area contributed by atoms with Crippen LogP contribution in [-0.2, 0) is 5.60 Å². The van der Waals surface area contributed by atoms with Crippen LogP contribution in [0.15, 0.2) is 36.4 Å². The summed E-state index contributed by atoms with van der Waals surface area (Å²) >= 11 is 0. The number of hydrogen-bond acceptors (Lipinski definition) is 4. The summed E-state index contributed by atoms with van der Waals surface area (Å²) < 4.78 is 37.3. The van der Waals surface area contributed by atoms with E-state index in [0.717, 1.165) is 6.07 Å². The first-order valence-corrected chi connectivity index (χ1v) is 8.58. The number of likely N-dealkylation sites (tertiary alicyclic amines) is 1. The van der Waals surface area contributed by atoms with Gasteiger partial charge in [-0.15, -0.1) is 0 Å². The van der Waals surface area contributed by atoms with Crippen LogP contribution >= 0.6 is 0 Å². The number of carbonyl (C=O) groups is 1. The van der Waals surface area contributed by atoms with Gasteiger partial charge in [0.2, 0.25) is 6.79 Å². The number of piperidine rings is 1. The highest BCUT2D eigenvalue weighted by Gasteiger charge is 2.36. The summed E-state index contributed by atoms with van der Waals surface area (Å²) in [6.45, 7) is 0.740. The SMILES string of the molecule is O=C(Nc1ccc(F)cc1F)N1CCC(O)(c2ccc3c(c2)OCO3)CC1. The molecule has 0 aliphatic carbocycles. The van der Waals surface area contributed by atoms with Gasteiger partial charge < -0.3 is 24.8 Å². The van der Waals surface area contributed by atoms with Crippen LogP contribution in [0.4, 0.5) is 19.3 Å². The van der Waals surface area contributed by atoms with Crippen molar-refractivity contribution in [2.24, 2.45) is 0 Å². The average molecular weight is 376 g/mol. The second kappa shape index (κ2) is 6.70. The van der Waals surface area contributed by atoms with Gasteiger partial charge in [0.05, 0.1) is 11.3 Å². The standard InChI is InChI=1S/C19H18F2N2O4/c20-13-2-3-15(14(21)10-13)22-18(24)23-7-5-19(25,6-8-23)12-1-4-16-17(9-12)27-11-26-16/h1-4,9-10,25H,5-8,11H2,(H,22,24). The number of ether oxygens (including phenoxy) is 2. The highest BCUT2D eigenvalue weighted by molar-refractivity contribution is 5.89. The summed E-state index contributed by atoms with van der Waals surface area (Å²) in [5, 5.41) is 13.4. The van der Waals surface area contributed by atoms with Crippen LogP contribution in [0.3, 0.4) is 0 Å². The molecule has 0 saturated carbocycles. The molecule has 2 N–H and O–H groups in total. The van der Waals surface area contributed by atoms with Crippen molar-refractivity contribution in [3.8, 4) is 11.5 Å². The molecule has 2 aromatic carbocycles. The van der Waals surface area contributed by atoms with Gasteiger partial charge in [-0.2, -0.15) is 0 Å². The molecule has 0 bridgehead atoms. The van der Waals surface area contributed by atoms with Crippen molar-refractivity contribution >= 4 is 11.7 Å². The second-order valence-corrected chi connectivity index (χ2v) is 6.64. The molecule has 2 aliphatic heterocycles. The number of amides is 2. The van der Waals surface area contributed by atoms with Gasteiger partial charge in [0.25, 0.3) is 0 Å². The number of hydrogen-bond donors (Lipinski definition) is 2. The third-order valence-corrected chi connectivity index (χ3v) is 4.96. The van der Waals surface area contributed by atoms with Crippen LogP contribution in [0.25, 0.3) is 0 Å². The predicted octanol–water partition coefficient (Wildman–Crippen LogP) is 3.21. The van der Waals surface area contributed by atoms with E-state index in [1.165, 1.54) is 11.0 Å². The summed E-state index contributed by atoms with van der Waals surface area (Å²) in [5.41, 5.74) is -0.465. The lowest BCUT2D eigenvalue weighted by Gasteiger charge is -2.38. The average Bonchev–Trinajstić information content (AvgIpc) is 3.12. The minimum Gasteiger partial charge on any atom is -0.454 e. The van der Waals surface area contributed by atoms with Gasteiger partial charge in [-0.1, -0.05) is 6.07 Å². The van der Waals surface area contributed by atoms with Gasteiger partial charge in [0, 0.05) is 19.2 Å². The molecule has 142 valence electrons. The predicted molar refractivity (Wildman–Crippen MR) is 92.6 cm³/mol. The summed E-state index contributed by atoms with van der Waals surface area (Å²) in [4.78, 5) is 13.8. The number of carbonyl (C=O) groups excluding carboxylic acids is 1. The number of nitrogens with one attached hydrogen (secondary N) is 1. The van der Waals surface area contributed by atoms with Crippen molar-refractivity contribution < 1.29 is 28.2 Å². The zero-order valence-electron chi connectivity index (χ0n) is 14.4. The van der Waals surface area contributed by atoms with Crippen molar-refractivity contribution in [2.75, 3.05) is 25.2 Å². The number of nitrogens with zero attached hydrogens (tertiary/aromatic N) is 1. The van der Waals surface area contributed by atoms with E-state index in [2.05, 4.69) is 5.32 Å². The lowest BCUT2D eigenvalue weighted by Crippen LogP contribution is -2.46. The Kier molecular flexibility index (Phi) is 4.35. The minimum atomic E-state index is -1.08. The summed E-state index contributed by atoms with van der Waals surface area (Å²) in [7, 11) is 0. The fraction of sp³-hybridized carbons (Fsp3) is 0.316. The van der Waals surface area contributed by atoms with E-state index >= 15 is 0 Å². The maximum atomic E-state index is 13.7. The zero-order valence-corrected chi connectivity index (χ0v) is 14.4. The Morgan fingerprint density at radius 1 is 1.07 bits per heavy atom. The topological polar surface area (TPSA) is 71.0 Å². The summed E-state index contributed by atoms with van der Waals surface area (Å²) in [6.07, 6.45) is 0.651. The Balaban J connectivity index is 1.41. The van der Waals surface area contributed by atoms with E-state index in [1.54, 1.807) is 18.2 Å². The first kappa shape index (κ1) is 17.5. The van der Waals surface area contributed by atoms with Gasteiger partial charge in [0.15, 0.2) is 11.5 Å². The highest BCUT2D eigenvalue weighted by Crippen LogP contribution is 2.39. The molecule has 2 aliphatic rings. The van der Waals surface area contributed by atoms with Crippen LogP contribution < -0.4 is 14.8 Å². The Morgan fingerprint density at radius 3 is 2.56 bits per heavy atom. The van der Waals surface area contributed by atoms with Gasteiger partial charge in [-0.3, -0.25) is 0 Å². The molecule has 1 fully saturated rings. The normalized spacial score (nSPS) is 17.7. The van der Waals surface area contributed by atoms with Crippen LogP contribution in [0, 0.1) is 11.6 Å². The van der Waals surface area contributed by atoms with Crippen molar-refractivity contribution in [2.45, 2.75) is 18.4 Å². The number of benzene rings is 2. The molecule has 1 saturated heterocycles. The molecule has 0 unspecified atom stereocenters. The smallest absolute Gasteiger partial charge is 0.321 e. The van der Waals surface area contributed by atoms with Crippen molar-refractivity contribution in [3.05, 3.63) is 53.6 Å². The number of rotatable bonds is 2.